The molecule has 0 saturated heterocycles. The number of nitrogens with zero attached hydrogens (tertiary/aromatic N) is 3. The minimum atomic E-state index is -0.0701. The zero-order valence-corrected chi connectivity index (χ0v) is 11.7. The Morgan fingerprint density at radius 3 is 2.94 bits per heavy atom. The van der Waals surface area contributed by atoms with E-state index in [0.717, 1.165) is 10.4 Å². The zero-order chi connectivity index (χ0) is 13.0. The molecular weight excluding hydrogens is 293 g/mol. The van der Waals surface area contributed by atoms with E-state index in [1.54, 1.807) is 23.2 Å². The van der Waals surface area contributed by atoms with E-state index in [9.17, 15) is 4.79 Å². The van der Waals surface area contributed by atoms with Crippen LogP contribution in [-0.4, -0.2) is 42.0 Å². The Morgan fingerprint density at radius 2 is 2.33 bits per heavy atom. The van der Waals surface area contributed by atoms with Gasteiger partial charge in [0.1, 0.15) is 0 Å². The zero-order valence-electron chi connectivity index (χ0n) is 10.0. The third-order valence-electron chi connectivity index (χ3n) is 2.38. The van der Waals surface area contributed by atoms with Crippen LogP contribution in [0.2, 0.25) is 5.82 Å². The van der Waals surface area contributed by atoms with E-state index < -0.39 is 0 Å². The van der Waals surface area contributed by atoms with Gasteiger partial charge >= 0.3 is 112 Å². The Balaban J connectivity index is 2.31. The second-order valence-electron chi connectivity index (χ2n) is 3.59. The van der Waals surface area contributed by atoms with Crippen LogP contribution in [0.5, 0.6) is 0 Å². The van der Waals surface area contributed by atoms with E-state index in [1.807, 2.05) is 24.0 Å². The van der Waals surface area contributed by atoms with Crippen molar-refractivity contribution in [1.82, 2.24) is 9.88 Å². The van der Waals surface area contributed by atoms with Gasteiger partial charge in [0.05, 0.1) is 0 Å². The molecule has 0 N–H and O–H groups in total. The number of carbonyl (C=O) groups is 1. The fourth-order valence-electron chi connectivity index (χ4n) is 1.58. The maximum absolute atomic E-state index is 12.1. The van der Waals surface area contributed by atoms with Crippen LogP contribution in [0.3, 0.4) is 0 Å². The molecule has 92 valence electrons. The first-order valence-corrected chi connectivity index (χ1v) is 8.01. The van der Waals surface area contributed by atoms with Gasteiger partial charge in [-0.05, 0) is 0 Å². The van der Waals surface area contributed by atoms with E-state index >= 15 is 0 Å². The molecule has 2 heterocycles. The quantitative estimate of drug-likeness (QED) is 0.481. The Labute approximate surface area is 112 Å². The molecule has 4 nitrogen and oxygen atoms in total. The van der Waals surface area contributed by atoms with Crippen molar-refractivity contribution >= 4 is 31.7 Å². The van der Waals surface area contributed by atoms with E-state index in [0.29, 0.717) is 12.2 Å². The number of aliphatic imine (C=N–C) groups is 1. The number of hydrogen-bond acceptors (Lipinski definition) is 3. The van der Waals surface area contributed by atoms with Gasteiger partial charge < -0.3 is 0 Å². The summed E-state index contributed by atoms with van der Waals surface area (Å²) in [4.78, 5) is 22.4. The SMILES string of the molecule is C=CCN1C(=O)/C(=C/c2ccccn2)N=C1[Se]C. The number of rotatable bonds is 4. The van der Waals surface area contributed by atoms with Crippen LogP contribution in [0, 0.1) is 0 Å². The van der Waals surface area contributed by atoms with Crippen molar-refractivity contribution in [2.75, 3.05) is 6.54 Å². The normalized spacial score (nSPS) is 17.2. The van der Waals surface area contributed by atoms with Crippen LogP contribution in [-0.2, 0) is 4.79 Å². The number of carbonyl (C=O) groups excluding carboxylic acids is 1. The summed E-state index contributed by atoms with van der Waals surface area (Å²) < 4.78 is 0.842. The number of aromatic nitrogens is 1. The topological polar surface area (TPSA) is 45.6 Å². The standard InChI is InChI=1S/C13H13N3OSe/c1-3-8-16-12(17)11(15-13(16)18-2)9-10-6-4-5-7-14-10/h3-7,9H,1,8H2,2H3/b11-9-. The Hall–Kier alpha value is -1.71. The summed E-state index contributed by atoms with van der Waals surface area (Å²) >= 11 is 0.179. The summed E-state index contributed by atoms with van der Waals surface area (Å²) in [6.07, 6.45) is 5.13. The summed E-state index contributed by atoms with van der Waals surface area (Å²) in [7, 11) is 0. The first-order valence-electron chi connectivity index (χ1n) is 5.44. The van der Waals surface area contributed by atoms with Crippen LogP contribution in [0.1, 0.15) is 5.69 Å². The van der Waals surface area contributed by atoms with E-state index in [1.165, 1.54) is 0 Å². The monoisotopic (exact) mass is 307 g/mol. The summed E-state index contributed by atoms with van der Waals surface area (Å²) in [5.41, 5.74) is 1.20. The summed E-state index contributed by atoms with van der Waals surface area (Å²) in [6, 6.07) is 5.57. The molecule has 0 aromatic carbocycles. The molecule has 1 amide bonds. The van der Waals surface area contributed by atoms with Crippen LogP contribution >= 0.6 is 0 Å². The molecule has 18 heavy (non-hydrogen) atoms. The van der Waals surface area contributed by atoms with Crippen molar-refractivity contribution in [3.05, 3.63) is 48.4 Å². The molecule has 1 aromatic heterocycles. The molecule has 1 aliphatic rings. The molecule has 0 atom stereocenters. The van der Waals surface area contributed by atoms with E-state index in [2.05, 4.69) is 16.6 Å². The predicted octanol–water partition coefficient (Wildman–Crippen LogP) is 1.56. The molecule has 0 fully saturated rings. The van der Waals surface area contributed by atoms with Crippen molar-refractivity contribution in [2.24, 2.45) is 4.99 Å². The fraction of sp³-hybridized carbons (Fsp3) is 0.154. The molecule has 0 unspecified atom stereocenters. The first-order chi connectivity index (χ1) is 8.76. The Kier molecular flexibility index (Phi) is 4.07. The van der Waals surface area contributed by atoms with Crippen molar-refractivity contribution in [1.29, 1.82) is 0 Å². The summed E-state index contributed by atoms with van der Waals surface area (Å²) in [6.45, 7) is 4.17. The molecule has 1 aromatic rings. The van der Waals surface area contributed by atoms with E-state index in [-0.39, 0.29) is 20.9 Å². The molecular formula is C13H13N3OSe. The average molecular weight is 306 g/mol. The molecule has 0 saturated carbocycles. The predicted molar refractivity (Wildman–Crippen MR) is 73.2 cm³/mol. The molecule has 2 rings (SSSR count). The number of amidine groups is 1. The average Bonchev–Trinajstić information content (AvgIpc) is 2.69. The maximum atomic E-state index is 12.1. The van der Waals surface area contributed by atoms with Crippen molar-refractivity contribution in [2.45, 2.75) is 5.82 Å². The van der Waals surface area contributed by atoms with Gasteiger partial charge in [0.15, 0.2) is 0 Å². The van der Waals surface area contributed by atoms with Crippen LogP contribution in [0.25, 0.3) is 6.08 Å². The third kappa shape index (κ3) is 2.58. The van der Waals surface area contributed by atoms with Gasteiger partial charge in [0.2, 0.25) is 0 Å². The van der Waals surface area contributed by atoms with Crippen LogP contribution in [0.4, 0.5) is 0 Å². The first kappa shape index (κ1) is 12.7. The van der Waals surface area contributed by atoms with Gasteiger partial charge in [-0.1, -0.05) is 0 Å². The number of amides is 1. The van der Waals surface area contributed by atoms with Gasteiger partial charge in [-0.15, -0.1) is 0 Å². The molecule has 5 heteroatoms. The second-order valence-corrected chi connectivity index (χ2v) is 5.21. The number of hydrogen-bond donors (Lipinski definition) is 0. The van der Waals surface area contributed by atoms with Crippen molar-refractivity contribution in [3.8, 4) is 0 Å². The second kappa shape index (κ2) is 5.76. The van der Waals surface area contributed by atoms with Crippen molar-refractivity contribution in [3.63, 3.8) is 0 Å². The third-order valence-corrected chi connectivity index (χ3v) is 3.80. The van der Waals surface area contributed by atoms with Crippen LogP contribution < -0.4 is 0 Å². The van der Waals surface area contributed by atoms with Gasteiger partial charge in [-0.2, -0.15) is 0 Å². The summed E-state index contributed by atoms with van der Waals surface area (Å²) in [5, 5.41) is 0. The van der Waals surface area contributed by atoms with E-state index in [4.69, 9.17) is 0 Å². The fourth-order valence-corrected chi connectivity index (χ4v) is 2.77. The van der Waals surface area contributed by atoms with Gasteiger partial charge in [-0.3, -0.25) is 0 Å². The Bertz CT molecular complexity index is 522. The minimum absolute atomic E-state index is 0.0701. The molecule has 1 aliphatic heterocycles. The molecule has 0 radical (unpaired) electrons. The van der Waals surface area contributed by atoms with Crippen LogP contribution in [0.15, 0.2) is 47.7 Å². The van der Waals surface area contributed by atoms with Gasteiger partial charge in [0.25, 0.3) is 0 Å². The van der Waals surface area contributed by atoms with Crippen molar-refractivity contribution < 1.29 is 4.79 Å². The van der Waals surface area contributed by atoms with Gasteiger partial charge in [-0.25, -0.2) is 0 Å². The summed E-state index contributed by atoms with van der Waals surface area (Å²) in [5.74, 6) is 1.97. The Morgan fingerprint density at radius 1 is 1.50 bits per heavy atom. The number of pyridine rings is 1. The van der Waals surface area contributed by atoms with Gasteiger partial charge in [0, 0.05) is 0 Å². The molecule has 0 aliphatic carbocycles. The molecule has 0 bridgehead atoms. The molecule has 0 spiro atoms.